The van der Waals surface area contributed by atoms with Crippen LogP contribution in [0.1, 0.15) is 95.8 Å². The van der Waals surface area contributed by atoms with Crippen LogP contribution in [0.25, 0.3) is 5.52 Å². The van der Waals surface area contributed by atoms with Crippen molar-refractivity contribution in [2.24, 2.45) is 0 Å². The van der Waals surface area contributed by atoms with Crippen molar-refractivity contribution in [3.8, 4) is 0 Å². The van der Waals surface area contributed by atoms with Crippen LogP contribution in [0.3, 0.4) is 0 Å². The van der Waals surface area contributed by atoms with E-state index in [0.29, 0.717) is 6.61 Å². The normalized spacial score (nSPS) is 18.5. The van der Waals surface area contributed by atoms with Gasteiger partial charge in [0.2, 0.25) is 0 Å². The Labute approximate surface area is 187 Å². The first-order chi connectivity index (χ1) is 15.2. The van der Waals surface area contributed by atoms with E-state index in [-0.39, 0.29) is 12.2 Å². The van der Waals surface area contributed by atoms with E-state index in [1.807, 2.05) is 17.6 Å². The Balaban J connectivity index is 1.31. The van der Waals surface area contributed by atoms with Crippen LogP contribution in [0, 0.1) is 0 Å². The third kappa shape index (κ3) is 6.96. The highest BCUT2D eigenvalue weighted by Crippen LogP contribution is 2.34. The minimum absolute atomic E-state index is 0.0429. The molecule has 1 fully saturated rings. The van der Waals surface area contributed by atoms with Crippen LogP contribution >= 0.6 is 0 Å². The predicted octanol–water partition coefficient (Wildman–Crippen LogP) is 6.44. The Kier molecular flexibility index (Phi) is 9.66. The number of allylic oxidation sites excluding steroid dienone is 1. The van der Waals surface area contributed by atoms with Crippen molar-refractivity contribution in [3.63, 3.8) is 0 Å². The Morgan fingerprint density at radius 3 is 2.61 bits per heavy atom. The van der Waals surface area contributed by atoms with Crippen LogP contribution in [-0.2, 0) is 9.47 Å². The highest BCUT2D eigenvalue weighted by Gasteiger charge is 2.29. The Hall–Kier alpha value is -2.08. The van der Waals surface area contributed by atoms with E-state index in [2.05, 4.69) is 35.0 Å². The second-order valence-corrected chi connectivity index (χ2v) is 8.67. The van der Waals surface area contributed by atoms with E-state index in [9.17, 15) is 0 Å². The fourth-order valence-electron chi connectivity index (χ4n) is 4.35. The molecule has 6 nitrogen and oxygen atoms in total. The van der Waals surface area contributed by atoms with Gasteiger partial charge in [0.25, 0.3) is 0 Å². The number of ether oxygens (including phenoxy) is 2. The second-order valence-electron chi connectivity index (χ2n) is 8.67. The van der Waals surface area contributed by atoms with Gasteiger partial charge in [-0.1, -0.05) is 64.9 Å². The first-order valence-corrected chi connectivity index (χ1v) is 12.2. The number of hydrogen-bond donors (Lipinski definition) is 1. The third-order valence-corrected chi connectivity index (χ3v) is 6.19. The van der Waals surface area contributed by atoms with Gasteiger partial charge >= 0.3 is 0 Å². The molecule has 2 aromatic heterocycles. The fourth-order valence-corrected chi connectivity index (χ4v) is 4.35. The lowest BCUT2D eigenvalue weighted by molar-refractivity contribution is -0.00205. The van der Waals surface area contributed by atoms with E-state index in [4.69, 9.17) is 9.47 Å². The van der Waals surface area contributed by atoms with Crippen molar-refractivity contribution in [2.45, 2.75) is 96.2 Å². The summed E-state index contributed by atoms with van der Waals surface area (Å²) in [6.07, 6.45) is 16.7. The van der Waals surface area contributed by atoms with Gasteiger partial charge in [-0.2, -0.15) is 5.10 Å². The fraction of sp³-hybridized carbons (Fsp3) is 0.680. The zero-order valence-corrected chi connectivity index (χ0v) is 19.4. The maximum absolute atomic E-state index is 6.27. The monoisotopic (exact) mass is 428 g/mol. The highest BCUT2D eigenvalue weighted by molar-refractivity contribution is 5.67. The van der Waals surface area contributed by atoms with Gasteiger partial charge in [0.1, 0.15) is 24.6 Å². The van der Waals surface area contributed by atoms with Gasteiger partial charge in [-0.05, 0) is 31.4 Å². The minimum Gasteiger partial charge on any atom is -0.496 e. The molecule has 0 amide bonds. The van der Waals surface area contributed by atoms with Crippen molar-refractivity contribution in [2.75, 3.05) is 19.0 Å². The molecule has 3 heterocycles. The number of aromatic nitrogens is 3. The van der Waals surface area contributed by atoms with Crippen LogP contribution in [-0.4, -0.2) is 34.4 Å². The molecule has 2 unspecified atom stereocenters. The van der Waals surface area contributed by atoms with Gasteiger partial charge in [0.05, 0.1) is 17.6 Å². The van der Waals surface area contributed by atoms with E-state index in [1.165, 1.54) is 57.8 Å². The lowest BCUT2D eigenvalue weighted by Gasteiger charge is -2.16. The van der Waals surface area contributed by atoms with E-state index in [1.54, 1.807) is 6.33 Å². The molecule has 2 aromatic rings. The zero-order valence-electron chi connectivity index (χ0n) is 19.4. The highest BCUT2D eigenvalue weighted by atomic mass is 16.5. The molecule has 1 aliphatic rings. The van der Waals surface area contributed by atoms with Crippen molar-refractivity contribution >= 4 is 11.3 Å². The van der Waals surface area contributed by atoms with Crippen LogP contribution in [0.4, 0.5) is 5.82 Å². The molecule has 172 valence electrons. The van der Waals surface area contributed by atoms with Crippen LogP contribution in [0.2, 0.25) is 0 Å². The summed E-state index contributed by atoms with van der Waals surface area (Å²) < 4.78 is 14.1. The van der Waals surface area contributed by atoms with Gasteiger partial charge in [-0.15, -0.1) is 0 Å². The summed E-state index contributed by atoms with van der Waals surface area (Å²) in [5, 5.41) is 7.52. The molecule has 0 spiro atoms. The van der Waals surface area contributed by atoms with Gasteiger partial charge in [-0.3, -0.25) is 0 Å². The van der Waals surface area contributed by atoms with Crippen LogP contribution in [0.5, 0.6) is 0 Å². The molecular formula is C25H40N4O2. The summed E-state index contributed by atoms with van der Waals surface area (Å²) in [7, 11) is 1.87. The first kappa shape index (κ1) is 23.6. The molecular weight excluding hydrogens is 388 g/mol. The number of hydrogen-bond acceptors (Lipinski definition) is 5. The van der Waals surface area contributed by atoms with E-state index >= 15 is 0 Å². The topological polar surface area (TPSA) is 60.7 Å². The van der Waals surface area contributed by atoms with Crippen LogP contribution < -0.4 is 5.32 Å². The zero-order chi connectivity index (χ0) is 21.9. The summed E-state index contributed by atoms with van der Waals surface area (Å²) >= 11 is 0. The molecule has 0 aliphatic carbocycles. The van der Waals surface area contributed by atoms with Crippen molar-refractivity contribution in [1.29, 1.82) is 0 Å². The number of anilines is 1. The van der Waals surface area contributed by atoms with Gasteiger partial charge in [-0.25, -0.2) is 9.50 Å². The molecule has 1 aliphatic heterocycles. The molecule has 0 saturated carbocycles. The molecule has 6 heteroatoms. The molecule has 1 saturated heterocycles. The summed E-state index contributed by atoms with van der Waals surface area (Å²) in [5.74, 6) is 1.72. The minimum atomic E-state index is 0.0429. The smallest absolute Gasteiger partial charge is 0.153 e. The molecule has 1 N–H and O–H groups in total. The summed E-state index contributed by atoms with van der Waals surface area (Å²) in [6.45, 7) is 6.97. The molecule has 2 atom stereocenters. The second kappa shape index (κ2) is 12.7. The SMILES string of the molecule is C=C(CCCCCCCCCCC)OCC1CCC(c2ccc3c(NC)ncnn23)O1. The lowest BCUT2D eigenvalue weighted by atomic mass is 10.1. The number of fused-ring (bicyclic) bond motifs is 1. The summed E-state index contributed by atoms with van der Waals surface area (Å²) in [6, 6.07) is 4.13. The summed E-state index contributed by atoms with van der Waals surface area (Å²) in [5.41, 5.74) is 2.04. The van der Waals surface area contributed by atoms with Crippen molar-refractivity contribution < 1.29 is 9.47 Å². The molecule has 3 rings (SSSR count). The van der Waals surface area contributed by atoms with Gasteiger partial charge in [0.15, 0.2) is 5.82 Å². The first-order valence-electron chi connectivity index (χ1n) is 12.2. The predicted molar refractivity (Wildman–Crippen MR) is 126 cm³/mol. The number of unbranched alkanes of at least 4 members (excludes halogenated alkanes) is 8. The Morgan fingerprint density at radius 1 is 1.13 bits per heavy atom. The molecule has 0 aromatic carbocycles. The van der Waals surface area contributed by atoms with Crippen LogP contribution in [0.15, 0.2) is 30.8 Å². The van der Waals surface area contributed by atoms with E-state index in [0.717, 1.165) is 42.1 Å². The Bertz CT molecular complexity index is 804. The maximum atomic E-state index is 6.27. The van der Waals surface area contributed by atoms with Gasteiger partial charge in [0, 0.05) is 13.5 Å². The van der Waals surface area contributed by atoms with E-state index < -0.39 is 0 Å². The quantitative estimate of drug-likeness (QED) is 0.261. The summed E-state index contributed by atoms with van der Waals surface area (Å²) in [4.78, 5) is 4.27. The molecule has 0 radical (unpaired) electrons. The molecule has 31 heavy (non-hydrogen) atoms. The van der Waals surface area contributed by atoms with Crippen molar-refractivity contribution in [1.82, 2.24) is 14.6 Å². The van der Waals surface area contributed by atoms with Gasteiger partial charge < -0.3 is 14.8 Å². The maximum Gasteiger partial charge on any atom is 0.153 e. The average molecular weight is 429 g/mol. The number of nitrogens with one attached hydrogen (secondary N) is 1. The molecule has 0 bridgehead atoms. The largest absolute Gasteiger partial charge is 0.496 e. The standard InChI is InChI=1S/C25H40N4O2/c1-4-5-6-7-8-9-10-11-12-13-20(2)30-18-21-14-17-24(31-21)22-15-16-23-25(26-3)27-19-28-29(22)23/h15-16,19,21,24H,2,4-14,17-18H2,1,3H3,(H,26,27,28). The lowest BCUT2D eigenvalue weighted by Crippen LogP contribution is -2.15. The Morgan fingerprint density at radius 2 is 1.87 bits per heavy atom. The average Bonchev–Trinajstić information content (AvgIpc) is 3.43. The third-order valence-electron chi connectivity index (χ3n) is 6.19. The van der Waals surface area contributed by atoms with Crippen molar-refractivity contribution in [3.05, 3.63) is 36.5 Å². The number of rotatable bonds is 15. The number of nitrogens with zero attached hydrogens (tertiary/aromatic N) is 3.